The Morgan fingerprint density at radius 2 is 1.68 bits per heavy atom. The molecule has 0 bridgehead atoms. The summed E-state index contributed by atoms with van der Waals surface area (Å²) in [4.78, 5) is 23.7. The van der Waals surface area contributed by atoms with Gasteiger partial charge >= 0.3 is 5.97 Å². The Morgan fingerprint density at radius 3 is 2.11 bits per heavy atom. The third kappa shape index (κ3) is 4.48. The first kappa shape index (κ1) is 15.4. The highest BCUT2D eigenvalue weighted by Gasteiger charge is 2.33. The number of benzene rings is 1. The van der Waals surface area contributed by atoms with Gasteiger partial charge in [-0.05, 0) is 33.3 Å². The van der Waals surface area contributed by atoms with E-state index >= 15 is 0 Å². The Labute approximate surface area is 113 Å². The van der Waals surface area contributed by atoms with Crippen molar-refractivity contribution in [2.75, 3.05) is 0 Å². The van der Waals surface area contributed by atoms with Crippen LogP contribution in [0.3, 0.4) is 0 Å². The molecule has 19 heavy (non-hydrogen) atoms. The topological polar surface area (TPSA) is 69.4 Å². The van der Waals surface area contributed by atoms with Gasteiger partial charge in [-0.25, -0.2) is 0 Å². The number of ether oxygens (including phenoxy) is 1. The average molecular weight is 263 g/mol. The van der Waals surface area contributed by atoms with Crippen molar-refractivity contribution in [2.24, 2.45) is 5.73 Å². The van der Waals surface area contributed by atoms with E-state index in [1.807, 2.05) is 6.07 Å². The number of esters is 1. The third-order valence-corrected chi connectivity index (χ3v) is 2.65. The van der Waals surface area contributed by atoms with Gasteiger partial charge in [0.15, 0.2) is 0 Å². The van der Waals surface area contributed by atoms with Gasteiger partial charge in [-0.2, -0.15) is 0 Å². The molecule has 0 radical (unpaired) electrons. The molecule has 0 amide bonds. The van der Waals surface area contributed by atoms with Crippen LogP contribution in [0.1, 0.15) is 39.2 Å². The molecule has 0 aliphatic heterocycles. The summed E-state index contributed by atoms with van der Waals surface area (Å²) in [5, 5.41) is 0. The molecule has 0 aromatic heterocycles. The van der Waals surface area contributed by atoms with Crippen molar-refractivity contribution in [2.45, 2.75) is 45.3 Å². The van der Waals surface area contributed by atoms with Crippen molar-refractivity contribution in [3.05, 3.63) is 35.9 Å². The van der Waals surface area contributed by atoms with Crippen LogP contribution in [0.2, 0.25) is 0 Å². The van der Waals surface area contributed by atoms with Crippen LogP contribution in [-0.4, -0.2) is 23.4 Å². The maximum absolute atomic E-state index is 12.3. The molecule has 1 aromatic carbocycles. The Balaban J connectivity index is 3.07. The minimum absolute atomic E-state index is 0.236. The van der Waals surface area contributed by atoms with E-state index in [-0.39, 0.29) is 5.78 Å². The van der Waals surface area contributed by atoms with Crippen LogP contribution in [0, 0.1) is 0 Å². The van der Waals surface area contributed by atoms with Crippen LogP contribution in [0.4, 0.5) is 0 Å². The number of Topliss-reactive ketones (excluding diaryl/α,β-unsaturated/α-hetero) is 1. The first-order valence-corrected chi connectivity index (χ1v) is 6.26. The predicted octanol–water partition coefficient (Wildman–Crippen LogP) is 2.03. The van der Waals surface area contributed by atoms with Crippen LogP contribution in [0.15, 0.2) is 30.3 Å². The summed E-state index contributed by atoms with van der Waals surface area (Å²) in [7, 11) is 0. The second-order valence-electron chi connectivity index (χ2n) is 5.56. The maximum Gasteiger partial charge on any atom is 0.316 e. The van der Waals surface area contributed by atoms with E-state index in [2.05, 4.69) is 0 Å². The summed E-state index contributed by atoms with van der Waals surface area (Å²) in [5.41, 5.74) is 5.95. The molecule has 104 valence electrons. The fraction of sp³-hybridized carbons (Fsp3) is 0.467. The summed E-state index contributed by atoms with van der Waals surface area (Å²) in [6, 6.07) is 8.11. The Bertz CT molecular complexity index is 448. The van der Waals surface area contributed by atoms with Crippen molar-refractivity contribution in [1.82, 2.24) is 0 Å². The smallest absolute Gasteiger partial charge is 0.316 e. The molecule has 0 aliphatic carbocycles. The zero-order chi connectivity index (χ0) is 14.6. The number of ketones is 1. The number of carbonyl (C=O) groups excluding carboxylic acids is 2. The molecule has 0 saturated carbocycles. The largest absolute Gasteiger partial charge is 0.459 e. The average Bonchev–Trinajstić information content (AvgIpc) is 2.28. The zero-order valence-electron chi connectivity index (χ0n) is 11.8. The molecular weight excluding hydrogens is 242 g/mol. The van der Waals surface area contributed by atoms with Gasteiger partial charge in [0.05, 0.1) is 6.04 Å². The van der Waals surface area contributed by atoms with E-state index in [1.54, 1.807) is 45.0 Å². The van der Waals surface area contributed by atoms with Gasteiger partial charge in [0.25, 0.3) is 0 Å². The quantitative estimate of drug-likeness (QED) is 0.844. The summed E-state index contributed by atoms with van der Waals surface area (Å²) in [6.07, 6.45) is 0. The fourth-order valence-corrected chi connectivity index (χ4v) is 1.75. The normalized spacial score (nSPS) is 14.6. The van der Waals surface area contributed by atoms with Crippen molar-refractivity contribution in [3.8, 4) is 0 Å². The molecule has 0 heterocycles. The number of rotatable bonds is 4. The molecule has 0 spiro atoms. The molecule has 0 aliphatic rings. The van der Waals surface area contributed by atoms with E-state index in [4.69, 9.17) is 10.5 Å². The molecule has 2 N–H and O–H groups in total. The van der Waals surface area contributed by atoms with E-state index in [0.717, 1.165) is 0 Å². The standard InChI is InChI=1S/C15H21NO3/c1-10(17)13(16)12(11-8-6-5-7-9-11)14(18)19-15(2,3)4/h5-9,12-13H,16H2,1-4H3. The lowest BCUT2D eigenvalue weighted by Gasteiger charge is -2.26. The molecular formula is C15H21NO3. The molecule has 2 atom stereocenters. The first-order chi connectivity index (χ1) is 8.72. The minimum atomic E-state index is -0.891. The van der Waals surface area contributed by atoms with Gasteiger partial charge in [-0.15, -0.1) is 0 Å². The first-order valence-electron chi connectivity index (χ1n) is 6.26. The Hall–Kier alpha value is -1.68. The Morgan fingerprint density at radius 1 is 1.16 bits per heavy atom. The summed E-state index contributed by atoms with van der Waals surface area (Å²) in [5.74, 6) is -1.47. The van der Waals surface area contributed by atoms with E-state index < -0.39 is 23.5 Å². The number of carbonyl (C=O) groups is 2. The SMILES string of the molecule is CC(=O)C(N)C(C(=O)OC(C)(C)C)c1ccccc1. The molecule has 0 saturated heterocycles. The van der Waals surface area contributed by atoms with Crippen molar-refractivity contribution >= 4 is 11.8 Å². The lowest BCUT2D eigenvalue weighted by Crippen LogP contribution is -2.42. The molecule has 1 rings (SSSR count). The van der Waals surface area contributed by atoms with E-state index in [1.165, 1.54) is 6.92 Å². The minimum Gasteiger partial charge on any atom is -0.459 e. The van der Waals surface area contributed by atoms with Crippen molar-refractivity contribution < 1.29 is 14.3 Å². The van der Waals surface area contributed by atoms with Crippen molar-refractivity contribution in [1.29, 1.82) is 0 Å². The van der Waals surface area contributed by atoms with Gasteiger partial charge < -0.3 is 10.5 Å². The lowest BCUT2D eigenvalue weighted by atomic mass is 9.89. The molecule has 4 nitrogen and oxygen atoms in total. The van der Waals surface area contributed by atoms with E-state index in [0.29, 0.717) is 5.56 Å². The lowest BCUT2D eigenvalue weighted by molar-refractivity contribution is -0.158. The third-order valence-electron chi connectivity index (χ3n) is 2.65. The van der Waals surface area contributed by atoms with E-state index in [9.17, 15) is 9.59 Å². The number of hydrogen-bond donors (Lipinski definition) is 1. The summed E-state index contributed by atoms with van der Waals surface area (Å²) in [6.45, 7) is 6.73. The summed E-state index contributed by atoms with van der Waals surface area (Å²) >= 11 is 0. The molecule has 0 fully saturated rings. The van der Waals surface area contributed by atoms with Crippen LogP contribution in [0.5, 0.6) is 0 Å². The molecule has 1 aromatic rings. The van der Waals surface area contributed by atoms with Crippen LogP contribution < -0.4 is 5.73 Å². The zero-order valence-corrected chi connectivity index (χ0v) is 11.8. The van der Waals surface area contributed by atoms with Crippen LogP contribution >= 0.6 is 0 Å². The van der Waals surface area contributed by atoms with Gasteiger partial charge in [0, 0.05) is 0 Å². The molecule has 2 unspecified atom stereocenters. The highest BCUT2D eigenvalue weighted by Crippen LogP contribution is 2.23. The maximum atomic E-state index is 12.3. The predicted molar refractivity (Wildman–Crippen MR) is 73.7 cm³/mol. The van der Waals surface area contributed by atoms with Crippen LogP contribution in [0.25, 0.3) is 0 Å². The van der Waals surface area contributed by atoms with Crippen molar-refractivity contribution in [3.63, 3.8) is 0 Å². The fourth-order valence-electron chi connectivity index (χ4n) is 1.75. The number of nitrogens with two attached hydrogens (primary N) is 1. The van der Waals surface area contributed by atoms with Gasteiger partial charge in [0.2, 0.25) is 0 Å². The second-order valence-corrected chi connectivity index (χ2v) is 5.56. The monoisotopic (exact) mass is 263 g/mol. The summed E-state index contributed by atoms with van der Waals surface area (Å²) < 4.78 is 5.35. The van der Waals surface area contributed by atoms with Crippen LogP contribution in [-0.2, 0) is 14.3 Å². The number of hydrogen-bond acceptors (Lipinski definition) is 4. The highest BCUT2D eigenvalue weighted by atomic mass is 16.6. The Kier molecular flexibility index (Phi) is 4.84. The van der Waals surface area contributed by atoms with Gasteiger partial charge in [-0.1, -0.05) is 30.3 Å². The second kappa shape index (κ2) is 5.97. The molecule has 4 heteroatoms. The highest BCUT2D eigenvalue weighted by molar-refractivity contribution is 5.91. The van der Waals surface area contributed by atoms with Gasteiger partial charge in [0.1, 0.15) is 17.3 Å². The van der Waals surface area contributed by atoms with Gasteiger partial charge in [-0.3, -0.25) is 9.59 Å².